The van der Waals surface area contributed by atoms with Gasteiger partial charge in [0, 0.05) is 15.6 Å². The quantitative estimate of drug-likeness (QED) is 0.806. The lowest BCUT2D eigenvalue weighted by atomic mass is 9.93. The molecule has 1 heterocycles. The maximum Gasteiger partial charge on any atom is 0.412 e. The van der Waals surface area contributed by atoms with E-state index in [0.717, 1.165) is 11.8 Å². The van der Waals surface area contributed by atoms with E-state index in [1.807, 2.05) is 0 Å². The summed E-state index contributed by atoms with van der Waals surface area (Å²) in [5.41, 5.74) is 1.24. The highest BCUT2D eigenvalue weighted by Crippen LogP contribution is 2.40. The van der Waals surface area contributed by atoms with E-state index >= 15 is 0 Å². The number of rotatable bonds is 1. The number of carbonyl (C=O) groups is 2. The fourth-order valence-electron chi connectivity index (χ4n) is 1.71. The normalized spacial score (nSPS) is 17.1. The Bertz CT molecular complexity index is 482. The van der Waals surface area contributed by atoms with Crippen LogP contribution in [0.1, 0.15) is 29.8 Å². The van der Waals surface area contributed by atoms with E-state index in [9.17, 15) is 9.59 Å². The smallest absolute Gasteiger partial charge is 0.412 e. The van der Waals surface area contributed by atoms with Crippen molar-refractivity contribution in [2.75, 3.05) is 5.32 Å². The maximum absolute atomic E-state index is 11.3. The van der Waals surface area contributed by atoms with Crippen LogP contribution in [0.15, 0.2) is 16.6 Å². The van der Waals surface area contributed by atoms with Crippen LogP contribution in [-0.2, 0) is 10.3 Å². The molecule has 0 saturated heterocycles. The van der Waals surface area contributed by atoms with Gasteiger partial charge in [0.25, 0.3) is 0 Å². The summed E-state index contributed by atoms with van der Waals surface area (Å²) < 4.78 is 5.85. The third-order valence-corrected chi connectivity index (χ3v) is 3.10. The lowest BCUT2D eigenvalue weighted by molar-refractivity contribution is 0.0419. The number of anilines is 1. The minimum atomic E-state index is -0.737. The fraction of sp³-hybridized carbons (Fsp3) is 0.273. The molecule has 0 aliphatic carbocycles. The van der Waals surface area contributed by atoms with E-state index in [-0.39, 0.29) is 0 Å². The largest absolute Gasteiger partial charge is 0.438 e. The summed E-state index contributed by atoms with van der Waals surface area (Å²) in [6.45, 7) is 3.57. The summed E-state index contributed by atoms with van der Waals surface area (Å²) in [6.07, 6.45) is 0.273. The zero-order valence-corrected chi connectivity index (χ0v) is 10.4. The number of halogens is 1. The lowest BCUT2D eigenvalue weighted by Gasteiger charge is -2.33. The number of aldehydes is 1. The van der Waals surface area contributed by atoms with Crippen LogP contribution in [0.4, 0.5) is 10.5 Å². The van der Waals surface area contributed by atoms with E-state index < -0.39 is 11.7 Å². The Balaban J connectivity index is 2.67. The van der Waals surface area contributed by atoms with Crippen LogP contribution in [-0.4, -0.2) is 12.4 Å². The van der Waals surface area contributed by atoms with Crippen molar-refractivity contribution in [1.82, 2.24) is 0 Å². The molecule has 4 nitrogen and oxygen atoms in total. The molecule has 1 aromatic carbocycles. The average molecular weight is 284 g/mol. The third kappa shape index (κ3) is 1.71. The first kappa shape index (κ1) is 11.1. The monoisotopic (exact) mass is 283 g/mol. The lowest BCUT2D eigenvalue weighted by Crippen LogP contribution is -2.35. The van der Waals surface area contributed by atoms with Gasteiger partial charge in [-0.2, -0.15) is 0 Å². The van der Waals surface area contributed by atoms with Gasteiger partial charge in [0.2, 0.25) is 0 Å². The van der Waals surface area contributed by atoms with Crippen molar-refractivity contribution in [3.05, 3.63) is 27.7 Å². The van der Waals surface area contributed by atoms with E-state index in [2.05, 4.69) is 21.2 Å². The average Bonchev–Trinajstić information content (AvgIpc) is 2.18. The Morgan fingerprint density at radius 1 is 1.44 bits per heavy atom. The molecule has 0 aromatic heterocycles. The van der Waals surface area contributed by atoms with Crippen LogP contribution in [0, 0.1) is 0 Å². The number of cyclic esters (lactones) is 1. The van der Waals surface area contributed by atoms with Crippen molar-refractivity contribution in [2.24, 2.45) is 0 Å². The van der Waals surface area contributed by atoms with Gasteiger partial charge in [-0.1, -0.05) is 0 Å². The number of fused-ring (bicyclic) bond motifs is 1. The minimum Gasteiger partial charge on any atom is -0.438 e. The minimum absolute atomic E-state index is 0.489. The van der Waals surface area contributed by atoms with Crippen LogP contribution in [0.5, 0.6) is 0 Å². The number of nitrogens with one attached hydrogen (secondary N) is 1. The Labute approximate surface area is 101 Å². The number of benzene rings is 1. The van der Waals surface area contributed by atoms with Gasteiger partial charge in [-0.05, 0) is 41.9 Å². The second-order valence-electron chi connectivity index (χ2n) is 4.07. The van der Waals surface area contributed by atoms with Crippen molar-refractivity contribution in [3.63, 3.8) is 0 Å². The molecule has 0 fully saturated rings. The van der Waals surface area contributed by atoms with E-state index in [1.54, 1.807) is 26.0 Å². The summed E-state index contributed by atoms with van der Waals surface area (Å²) in [6, 6.07) is 3.38. The first-order valence-electron chi connectivity index (χ1n) is 4.73. The molecule has 0 spiro atoms. The summed E-state index contributed by atoms with van der Waals surface area (Å²) in [5.74, 6) is 0. The van der Waals surface area contributed by atoms with Gasteiger partial charge in [0.1, 0.15) is 11.9 Å². The molecular formula is C11H10BrNO3. The molecule has 1 amide bonds. The van der Waals surface area contributed by atoms with E-state index in [1.165, 1.54) is 0 Å². The first-order chi connectivity index (χ1) is 7.44. The second-order valence-corrected chi connectivity index (χ2v) is 4.92. The highest BCUT2D eigenvalue weighted by molar-refractivity contribution is 9.10. The first-order valence-corrected chi connectivity index (χ1v) is 5.52. The highest BCUT2D eigenvalue weighted by atomic mass is 79.9. The van der Waals surface area contributed by atoms with Gasteiger partial charge in [-0.25, -0.2) is 4.79 Å². The molecule has 2 rings (SSSR count). The Kier molecular flexibility index (Phi) is 2.50. The third-order valence-electron chi connectivity index (χ3n) is 2.47. The van der Waals surface area contributed by atoms with Gasteiger partial charge in [0.05, 0.1) is 5.69 Å². The molecule has 0 atom stereocenters. The molecular weight excluding hydrogens is 274 g/mol. The zero-order valence-electron chi connectivity index (χ0n) is 8.83. The molecule has 0 radical (unpaired) electrons. The van der Waals surface area contributed by atoms with Crippen molar-refractivity contribution < 1.29 is 14.3 Å². The maximum atomic E-state index is 11.3. The predicted molar refractivity (Wildman–Crippen MR) is 62.7 cm³/mol. The molecule has 16 heavy (non-hydrogen) atoms. The number of hydrogen-bond donors (Lipinski definition) is 1. The summed E-state index contributed by atoms with van der Waals surface area (Å²) in [7, 11) is 0. The van der Waals surface area contributed by atoms with E-state index in [4.69, 9.17) is 4.74 Å². The molecule has 84 valence electrons. The number of hydrogen-bond acceptors (Lipinski definition) is 3. The van der Waals surface area contributed by atoms with Gasteiger partial charge < -0.3 is 4.74 Å². The highest BCUT2D eigenvalue weighted by Gasteiger charge is 2.34. The van der Waals surface area contributed by atoms with Crippen LogP contribution >= 0.6 is 15.9 Å². The van der Waals surface area contributed by atoms with Gasteiger partial charge in [0.15, 0.2) is 0 Å². The summed E-state index contributed by atoms with van der Waals surface area (Å²) in [5, 5.41) is 2.61. The second kappa shape index (κ2) is 3.59. The Morgan fingerprint density at radius 3 is 2.75 bits per heavy atom. The van der Waals surface area contributed by atoms with Crippen LogP contribution in [0.2, 0.25) is 0 Å². The number of amides is 1. The standard InChI is InChI=1S/C11H10BrNO3/c1-11(2)7-3-6(5-14)4-8(12)9(7)13-10(15)16-11/h3-5H,1-2H3,(H,13,15). The zero-order chi connectivity index (χ0) is 11.9. The molecule has 0 bridgehead atoms. The summed E-state index contributed by atoms with van der Waals surface area (Å²) >= 11 is 3.32. The van der Waals surface area contributed by atoms with Crippen LogP contribution in [0.25, 0.3) is 0 Å². The Hall–Kier alpha value is -1.36. The van der Waals surface area contributed by atoms with Crippen molar-refractivity contribution >= 4 is 34.0 Å². The number of carbonyl (C=O) groups excluding carboxylic acids is 2. The van der Waals surface area contributed by atoms with Crippen LogP contribution in [0.3, 0.4) is 0 Å². The molecule has 1 aromatic rings. The van der Waals surface area contributed by atoms with E-state index in [0.29, 0.717) is 15.7 Å². The fourth-order valence-corrected chi connectivity index (χ4v) is 2.29. The Morgan fingerprint density at radius 2 is 2.12 bits per heavy atom. The van der Waals surface area contributed by atoms with Crippen molar-refractivity contribution in [2.45, 2.75) is 19.4 Å². The molecule has 1 aliphatic heterocycles. The molecule has 5 heteroatoms. The van der Waals surface area contributed by atoms with Crippen LogP contribution < -0.4 is 5.32 Å². The molecule has 0 unspecified atom stereocenters. The summed E-state index contributed by atoms with van der Waals surface area (Å²) in [4.78, 5) is 22.1. The molecule has 1 N–H and O–H groups in total. The SMILES string of the molecule is CC1(C)OC(=O)Nc2c(Br)cc(C=O)cc21. The molecule has 1 aliphatic rings. The number of ether oxygens (including phenoxy) is 1. The van der Waals surface area contributed by atoms with Gasteiger partial charge in [-0.3, -0.25) is 10.1 Å². The van der Waals surface area contributed by atoms with Crippen molar-refractivity contribution in [1.29, 1.82) is 0 Å². The molecule has 0 saturated carbocycles. The topological polar surface area (TPSA) is 55.4 Å². The van der Waals surface area contributed by atoms with Crippen molar-refractivity contribution in [3.8, 4) is 0 Å². The van der Waals surface area contributed by atoms with Gasteiger partial charge >= 0.3 is 6.09 Å². The van der Waals surface area contributed by atoms with Gasteiger partial charge in [-0.15, -0.1) is 0 Å². The predicted octanol–water partition coefficient (Wildman–Crippen LogP) is 3.06.